The molecule has 0 heterocycles. The van der Waals surface area contributed by atoms with Gasteiger partial charge in [-0.05, 0) is 30.2 Å². The van der Waals surface area contributed by atoms with Gasteiger partial charge in [0.2, 0.25) is 0 Å². The summed E-state index contributed by atoms with van der Waals surface area (Å²) in [6.45, 7) is 1.73. The van der Waals surface area contributed by atoms with E-state index in [1.807, 2.05) is 0 Å². The fourth-order valence-corrected chi connectivity index (χ4v) is 1.23. The minimum Gasteiger partial charge on any atom is -0.324 e. The van der Waals surface area contributed by atoms with Crippen LogP contribution in [0.2, 0.25) is 0 Å². The first-order valence-electron chi connectivity index (χ1n) is 4.48. The van der Waals surface area contributed by atoms with Crippen LogP contribution in [-0.2, 0) is 6.18 Å². The maximum atomic E-state index is 12.9. The van der Waals surface area contributed by atoms with Crippen molar-refractivity contribution < 1.29 is 17.6 Å². The largest absolute Gasteiger partial charge is 0.416 e. The smallest absolute Gasteiger partial charge is 0.324 e. The first-order chi connectivity index (χ1) is 6.84. The van der Waals surface area contributed by atoms with Crippen LogP contribution in [0.4, 0.5) is 17.6 Å². The van der Waals surface area contributed by atoms with Gasteiger partial charge in [-0.3, -0.25) is 0 Å². The molecule has 0 spiro atoms. The number of halogens is 5. The van der Waals surface area contributed by atoms with Gasteiger partial charge in [-0.1, -0.05) is 6.92 Å². The molecule has 2 N–H and O–H groups in total. The number of alkyl halides is 3. The van der Waals surface area contributed by atoms with E-state index in [9.17, 15) is 17.6 Å². The monoisotopic (exact) mass is 257 g/mol. The van der Waals surface area contributed by atoms with Crippen molar-refractivity contribution in [1.29, 1.82) is 0 Å². The van der Waals surface area contributed by atoms with E-state index in [1.54, 1.807) is 6.92 Å². The third-order valence-corrected chi connectivity index (χ3v) is 2.12. The van der Waals surface area contributed by atoms with Crippen molar-refractivity contribution in [3.05, 3.63) is 35.1 Å². The zero-order valence-corrected chi connectivity index (χ0v) is 9.33. The first-order valence-corrected chi connectivity index (χ1v) is 4.48. The molecule has 0 aliphatic rings. The predicted molar refractivity (Wildman–Crippen MR) is 55.9 cm³/mol. The zero-order chi connectivity index (χ0) is 11.6. The van der Waals surface area contributed by atoms with Gasteiger partial charge in [-0.25, -0.2) is 4.39 Å². The zero-order valence-electron chi connectivity index (χ0n) is 8.51. The van der Waals surface area contributed by atoms with Crippen LogP contribution in [0.15, 0.2) is 18.2 Å². The third-order valence-electron chi connectivity index (χ3n) is 2.12. The molecule has 1 aromatic rings. The predicted octanol–water partition coefficient (Wildman–Crippen LogP) is 3.68. The van der Waals surface area contributed by atoms with Gasteiger partial charge in [-0.2, -0.15) is 13.2 Å². The van der Waals surface area contributed by atoms with Crippen molar-refractivity contribution >= 4 is 12.4 Å². The standard InChI is InChI=1S/C10H11F4N.ClH/c1-2-9(15)6-3-7(10(12,13)14)5-8(11)4-6;/h3-5,9H,2,15H2,1H3;1H/t9-;/m0./s1. The minimum atomic E-state index is -4.54. The topological polar surface area (TPSA) is 26.0 Å². The molecule has 0 saturated heterocycles. The number of rotatable bonds is 2. The highest BCUT2D eigenvalue weighted by Crippen LogP contribution is 2.31. The normalized spacial score (nSPS) is 13.1. The maximum absolute atomic E-state index is 12.9. The van der Waals surface area contributed by atoms with E-state index in [2.05, 4.69) is 0 Å². The Kier molecular flexibility index (Phi) is 5.22. The summed E-state index contributed by atoms with van der Waals surface area (Å²) in [6, 6.07) is 1.81. The van der Waals surface area contributed by atoms with Crippen LogP contribution in [0.1, 0.15) is 30.5 Å². The lowest BCUT2D eigenvalue weighted by atomic mass is 10.0. The SMILES string of the molecule is CC[C@H](N)c1cc(F)cc(C(F)(F)F)c1.Cl. The van der Waals surface area contributed by atoms with E-state index in [4.69, 9.17) is 5.73 Å². The van der Waals surface area contributed by atoms with Crippen LogP contribution in [0.5, 0.6) is 0 Å². The summed E-state index contributed by atoms with van der Waals surface area (Å²) in [4.78, 5) is 0. The fourth-order valence-electron chi connectivity index (χ4n) is 1.23. The Morgan fingerprint density at radius 3 is 2.25 bits per heavy atom. The number of hydrogen-bond acceptors (Lipinski definition) is 1. The molecule has 0 aromatic heterocycles. The highest BCUT2D eigenvalue weighted by atomic mass is 35.5. The van der Waals surface area contributed by atoms with Gasteiger partial charge in [0, 0.05) is 6.04 Å². The van der Waals surface area contributed by atoms with Gasteiger partial charge < -0.3 is 5.73 Å². The molecule has 1 atom stereocenters. The van der Waals surface area contributed by atoms with Crippen molar-refractivity contribution in [3.8, 4) is 0 Å². The molecule has 0 fully saturated rings. The fraction of sp³-hybridized carbons (Fsp3) is 0.400. The Labute approximate surface area is 97.0 Å². The van der Waals surface area contributed by atoms with Gasteiger partial charge >= 0.3 is 6.18 Å². The second-order valence-corrected chi connectivity index (χ2v) is 3.29. The molecule has 0 radical (unpaired) electrons. The quantitative estimate of drug-likeness (QED) is 0.804. The number of hydrogen-bond donors (Lipinski definition) is 1. The van der Waals surface area contributed by atoms with E-state index in [-0.39, 0.29) is 18.0 Å². The molecule has 6 heteroatoms. The van der Waals surface area contributed by atoms with Crippen molar-refractivity contribution in [2.24, 2.45) is 5.73 Å². The number of nitrogens with two attached hydrogens (primary N) is 1. The highest BCUT2D eigenvalue weighted by Gasteiger charge is 2.31. The molecule has 1 nitrogen and oxygen atoms in total. The molecule has 0 bridgehead atoms. The van der Waals surface area contributed by atoms with Gasteiger partial charge in [0.25, 0.3) is 0 Å². The van der Waals surface area contributed by atoms with Gasteiger partial charge in [-0.15, -0.1) is 12.4 Å². The Morgan fingerprint density at radius 1 is 1.25 bits per heavy atom. The molecule has 1 aromatic carbocycles. The summed E-state index contributed by atoms with van der Waals surface area (Å²) >= 11 is 0. The highest BCUT2D eigenvalue weighted by molar-refractivity contribution is 5.85. The van der Waals surface area contributed by atoms with Gasteiger partial charge in [0.1, 0.15) is 5.82 Å². The summed E-state index contributed by atoms with van der Waals surface area (Å²) in [5, 5.41) is 0. The van der Waals surface area contributed by atoms with Crippen LogP contribution < -0.4 is 5.73 Å². The van der Waals surface area contributed by atoms with Crippen LogP contribution >= 0.6 is 12.4 Å². The molecule has 0 saturated carbocycles. The minimum absolute atomic E-state index is 0. The van der Waals surface area contributed by atoms with Crippen LogP contribution in [0.25, 0.3) is 0 Å². The summed E-state index contributed by atoms with van der Waals surface area (Å²) < 4.78 is 49.8. The van der Waals surface area contributed by atoms with Gasteiger partial charge in [0.05, 0.1) is 5.56 Å². The van der Waals surface area contributed by atoms with E-state index >= 15 is 0 Å². The molecule has 0 unspecified atom stereocenters. The lowest BCUT2D eigenvalue weighted by Gasteiger charge is -2.13. The van der Waals surface area contributed by atoms with Crippen molar-refractivity contribution in [3.63, 3.8) is 0 Å². The molecule has 0 aliphatic heterocycles. The van der Waals surface area contributed by atoms with E-state index in [1.165, 1.54) is 0 Å². The Morgan fingerprint density at radius 2 is 1.81 bits per heavy atom. The van der Waals surface area contributed by atoms with E-state index in [0.717, 1.165) is 12.1 Å². The molecule has 1 rings (SSSR count). The van der Waals surface area contributed by atoms with Gasteiger partial charge in [0.15, 0.2) is 0 Å². The summed E-state index contributed by atoms with van der Waals surface area (Å²) in [7, 11) is 0. The average Bonchev–Trinajstić information content (AvgIpc) is 2.14. The summed E-state index contributed by atoms with van der Waals surface area (Å²) in [5.74, 6) is -0.913. The molecule has 0 aliphatic carbocycles. The second-order valence-electron chi connectivity index (χ2n) is 3.29. The first kappa shape index (κ1) is 15.2. The molecular formula is C10H12ClF4N. The molecule has 16 heavy (non-hydrogen) atoms. The third kappa shape index (κ3) is 3.64. The van der Waals surface area contributed by atoms with Crippen LogP contribution in [0.3, 0.4) is 0 Å². The number of benzene rings is 1. The second kappa shape index (κ2) is 5.50. The van der Waals surface area contributed by atoms with Crippen molar-refractivity contribution in [1.82, 2.24) is 0 Å². The maximum Gasteiger partial charge on any atom is 0.416 e. The Balaban J connectivity index is 0.00000225. The lowest BCUT2D eigenvalue weighted by Crippen LogP contribution is -2.12. The van der Waals surface area contributed by atoms with Crippen molar-refractivity contribution in [2.45, 2.75) is 25.6 Å². The summed E-state index contributed by atoms with van der Waals surface area (Å²) in [5.41, 5.74) is 4.71. The van der Waals surface area contributed by atoms with E-state index < -0.39 is 23.6 Å². The van der Waals surface area contributed by atoms with Crippen LogP contribution in [0, 0.1) is 5.82 Å². The Hall–Kier alpha value is -0.810. The summed E-state index contributed by atoms with van der Waals surface area (Å²) in [6.07, 6.45) is -4.08. The van der Waals surface area contributed by atoms with Crippen LogP contribution in [-0.4, -0.2) is 0 Å². The average molecular weight is 258 g/mol. The lowest BCUT2D eigenvalue weighted by molar-refractivity contribution is -0.137. The van der Waals surface area contributed by atoms with Crippen molar-refractivity contribution in [2.75, 3.05) is 0 Å². The molecular weight excluding hydrogens is 246 g/mol. The molecule has 0 amide bonds. The molecule has 92 valence electrons. The van der Waals surface area contributed by atoms with E-state index in [0.29, 0.717) is 12.5 Å². The Bertz CT molecular complexity index is 351.